The molecule has 2 aromatic heterocycles. The number of carbonyl (C=O) groups is 2. The van der Waals surface area contributed by atoms with E-state index in [0.717, 1.165) is 22.7 Å². The molecule has 8 nitrogen and oxygen atoms in total. The number of aryl methyl sites for hydroxylation is 4. The molecule has 0 unspecified atom stereocenters. The van der Waals surface area contributed by atoms with E-state index in [1.54, 1.807) is 20.8 Å². The van der Waals surface area contributed by atoms with Gasteiger partial charge in [0.2, 0.25) is 5.91 Å². The van der Waals surface area contributed by atoms with E-state index in [9.17, 15) is 9.59 Å². The van der Waals surface area contributed by atoms with Gasteiger partial charge in [-0.1, -0.05) is 18.2 Å². The first-order valence-electron chi connectivity index (χ1n) is 11.5. The van der Waals surface area contributed by atoms with Crippen LogP contribution in [0.15, 0.2) is 30.5 Å². The number of anilines is 2. The third-order valence-corrected chi connectivity index (χ3v) is 5.60. The molecule has 0 aliphatic carbocycles. The highest BCUT2D eigenvalue weighted by Gasteiger charge is 2.16. The summed E-state index contributed by atoms with van der Waals surface area (Å²) in [6, 6.07) is 8.16. The van der Waals surface area contributed by atoms with E-state index < -0.39 is 11.7 Å². The minimum absolute atomic E-state index is 0.129. The fraction of sp³-hybridized carbons (Fsp3) is 0.423. The first-order chi connectivity index (χ1) is 15.9. The first-order valence-corrected chi connectivity index (χ1v) is 11.5. The Labute approximate surface area is 201 Å². The van der Waals surface area contributed by atoms with E-state index >= 15 is 0 Å². The van der Waals surface area contributed by atoms with Crippen molar-refractivity contribution in [1.29, 1.82) is 0 Å². The van der Waals surface area contributed by atoms with Gasteiger partial charge in [-0.25, -0.2) is 9.78 Å². The maximum atomic E-state index is 12.5. The summed E-state index contributed by atoms with van der Waals surface area (Å²) in [4.78, 5) is 29.0. The van der Waals surface area contributed by atoms with Crippen LogP contribution in [0, 0.1) is 27.7 Å². The lowest BCUT2D eigenvalue weighted by molar-refractivity contribution is -0.116. The number of amides is 2. The molecule has 0 saturated carbocycles. The number of nitrogens with one attached hydrogen (secondary N) is 3. The third-order valence-electron chi connectivity index (χ3n) is 5.60. The summed E-state index contributed by atoms with van der Waals surface area (Å²) in [7, 11) is 0. The molecule has 0 atom stereocenters. The van der Waals surface area contributed by atoms with Crippen molar-refractivity contribution in [2.75, 3.05) is 17.2 Å². The number of fused-ring (bicyclic) bond motifs is 1. The molecule has 0 aliphatic rings. The van der Waals surface area contributed by atoms with Gasteiger partial charge < -0.3 is 25.1 Å². The maximum absolute atomic E-state index is 12.5. The van der Waals surface area contributed by atoms with E-state index in [2.05, 4.69) is 48.0 Å². The second-order valence-electron chi connectivity index (χ2n) is 9.57. The number of pyridine rings is 1. The van der Waals surface area contributed by atoms with Crippen LogP contribution < -0.4 is 16.0 Å². The molecule has 0 radical (unpaired) electrons. The highest BCUT2D eigenvalue weighted by Crippen LogP contribution is 2.26. The van der Waals surface area contributed by atoms with Crippen LogP contribution in [0.4, 0.5) is 16.2 Å². The molecular formula is C26H35N5O3. The number of benzene rings is 1. The van der Waals surface area contributed by atoms with E-state index in [0.29, 0.717) is 12.2 Å². The predicted molar refractivity (Wildman–Crippen MR) is 135 cm³/mol. The average molecular weight is 466 g/mol. The Morgan fingerprint density at radius 3 is 2.41 bits per heavy atom. The number of carbonyl (C=O) groups excluding carboxylic acids is 2. The maximum Gasteiger partial charge on any atom is 0.407 e. The standard InChI is InChI=1S/C26H35N5O3/c1-16-9-8-10-17(2)21(16)14-28-22-13-20(15-31-19(4)18(3)29-24(22)31)30-23(32)11-12-27-25(33)34-26(5,6)7/h8-10,13,15,28H,11-12,14H2,1-7H3,(H,27,33)(H,30,32). The molecule has 3 rings (SSSR count). The van der Waals surface area contributed by atoms with Crippen molar-refractivity contribution >= 4 is 29.0 Å². The Hall–Kier alpha value is -3.55. The minimum atomic E-state index is -0.581. The van der Waals surface area contributed by atoms with Crippen LogP contribution in [-0.2, 0) is 16.1 Å². The molecule has 0 fully saturated rings. The SMILES string of the molecule is Cc1cccc(C)c1CNc1cc(NC(=O)CCNC(=O)OC(C)(C)C)cn2c(C)c(C)nc12. The molecule has 2 heterocycles. The van der Waals surface area contributed by atoms with Crippen LogP contribution in [-0.4, -0.2) is 33.5 Å². The van der Waals surface area contributed by atoms with Gasteiger partial charge in [0, 0.05) is 31.4 Å². The summed E-state index contributed by atoms with van der Waals surface area (Å²) >= 11 is 0. The van der Waals surface area contributed by atoms with Crippen LogP contribution in [0.3, 0.4) is 0 Å². The van der Waals surface area contributed by atoms with Gasteiger partial charge >= 0.3 is 6.09 Å². The summed E-state index contributed by atoms with van der Waals surface area (Å²) in [5, 5.41) is 9.05. The number of ether oxygens (including phenoxy) is 1. The second-order valence-corrected chi connectivity index (χ2v) is 9.57. The normalized spacial score (nSPS) is 11.4. The Bertz CT molecular complexity index is 1190. The van der Waals surface area contributed by atoms with Crippen molar-refractivity contribution in [3.63, 3.8) is 0 Å². The number of rotatable bonds is 7. The Kier molecular flexibility index (Phi) is 7.49. The van der Waals surface area contributed by atoms with Crippen LogP contribution in [0.2, 0.25) is 0 Å². The number of alkyl carbamates (subject to hydrolysis) is 1. The zero-order valence-electron chi connectivity index (χ0n) is 21.1. The zero-order valence-corrected chi connectivity index (χ0v) is 21.1. The fourth-order valence-corrected chi connectivity index (χ4v) is 3.70. The van der Waals surface area contributed by atoms with E-state index in [4.69, 9.17) is 9.72 Å². The van der Waals surface area contributed by atoms with Gasteiger partial charge in [-0.3, -0.25) is 4.79 Å². The molecule has 3 aromatic rings. The lowest BCUT2D eigenvalue weighted by Gasteiger charge is -2.19. The summed E-state index contributed by atoms with van der Waals surface area (Å²) < 4.78 is 7.18. The zero-order chi connectivity index (χ0) is 25.0. The molecule has 0 spiro atoms. The lowest BCUT2D eigenvalue weighted by Crippen LogP contribution is -2.34. The number of hydrogen-bond acceptors (Lipinski definition) is 5. The van der Waals surface area contributed by atoms with Crippen LogP contribution in [0.5, 0.6) is 0 Å². The van der Waals surface area contributed by atoms with Gasteiger partial charge in [-0.2, -0.15) is 0 Å². The molecule has 0 bridgehead atoms. The van der Waals surface area contributed by atoms with Gasteiger partial charge in [0.25, 0.3) is 0 Å². The molecule has 0 aliphatic heterocycles. The van der Waals surface area contributed by atoms with Gasteiger partial charge in [0.1, 0.15) is 5.60 Å². The topological polar surface area (TPSA) is 96.8 Å². The minimum Gasteiger partial charge on any atom is -0.444 e. The summed E-state index contributed by atoms with van der Waals surface area (Å²) in [6.45, 7) is 14.4. The van der Waals surface area contributed by atoms with Gasteiger partial charge in [-0.05, 0) is 71.2 Å². The van der Waals surface area contributed by atoms with Crippen LogP contribution in [0.25, 0.3) is 5.65 Å². The molecule has 3 N–H and O–H groups in total. The van der Waals surface area contributed by atoms with Crippen LogP contribution >= 0.6 is 0 Å². The Morgan fingerprint density at radius 1 is 1.09 bits per heavy atom. The van der Waals surface area contributed by atoms with Crippen molar-refractivity contribution in [3.05, 3.63) is 58.5 Å². The average Bonchev–Trinajstić information content (AvgIpc) is 3.00. The molecule has 1 aromatic carbocycles. The van der Waals surface area contributed by atoms with Crippen molar-refractivity contribution < 1.29 is 14.3 Å². The number of aromatic nitrogens is 2. The lowest BCUT2D eigenvalue weighted by atomic mass is 10.0. The van der Waals surface area contributed by atoms with E-state index in [1.807, 2.05) is 30.5 Å². The van der Waals surface area contributed by atoms with Crippen molar-refractivity contribution in [1.82, 2.24) is 14.7 Å². The van der Waals surface area contributed by atoms with E-state index in [-0.39, 0.29) is 18.9 Å². The van der Waals surface area contributed by atoms with Crippen LogP contribution in [0.1, 0.15) is 55.3 Å². The number of imidazole rings is 1. The van der Waals surface area contributed by atoms with E-state index in [1.165, 1.54) is 16.7 Å². The van der Waals surface area contributed by atoms with Gasteiger partial charge in [0.05, 0.1) is 17.1 Å². The molecule has 8 heteroatoms. The van der Waals surface area contributed by atoms with Gasteiger partial charge in [0.15, 0.2) is 5.65 Å². The molecule has 2 amide bonds. The summed E-state index contributed by atoms with van der Waals surface area (Å²) in [5.41, 5.74) is 7.34. The van der Waals surface area contributed by atoms with Gasteiger partial charge in [-0.15, -0.1) is 0 Å². The summed E-state index contributed by atoms with van der Waals surface area (Å²) in [6.07, 6.45) is 1.46. The molecular weight excluding hydrogens is 430 g/mol. The Morgan fingerprint density at radius 2 is 1.76 bits per heavy atom. The van der Waals surface area contributed by atoms with Crippen molar-refractivity contribution in [3.8, 4) is 0 Å². The Balaban J connectivity index is 1.73. The third kappa shape index (κ3) is 6.27. The number of nitrogens with zero attached hydrogens (tertiary/aromatic N) is 2. The predicted octanol–water partition coefficient (Wildman–Crippen LogP) is 5.03. The van der Waals surface area contributed by atoms with Crippen molar-refractivity contribution in [2.45, 2.75) is 67.0 Å². The molecule has 0 saturated heterocycles. The monoisotopic (exact) mass is 465 g/mol. The molecule has 34 heavy (non-hydrogen) atoms. The van der Waals surface area contributed by atoms with Crippen molar-refractivity contribution in [2.24, 2.45) is 0 Å². The highest BCUT2D eigenvalue weighted by molar-refractivity contribution is 5.92. The number of hydrogen-bond donors (Lipinski definition) is 3. The molecule has 182 valence electrons. The fourth-order valence-electron chi connectivity index (χ4n) is 3.70. The second kappa shape index (κ2) is 10.2. The highest BCUT2D eigenvalue weighted by atomic mass is 16.6. The smallest absolute Gasteiger partial charge is 0.407 e. The first kappa shape index (κ1) is 25.1. The summed E-state index contributed by atoms with van der Waals surface area (Å²) in [5.74, 6) is -0.203. The largest absolute Gasteiger partial charge is 0.444 e. The quantitative estimate of drug-likeness (QED) is 0.455.